The monoisotopic (exact) mass is 173 g/mol. The Balaban J connectivity index is 0. The second kappa shape index (κ2) is 6.32. The van der Waals surface area contributed by atoms with Crippen LogP contribution in [0.5, 0.6) is 0 Å². The highest BCUT2D eigenvalue weighted by Gasteiger charge is 1.83. The predicted molar refractivity (Wildman–Crippen MR) is 40.0 cm³/mol. The van der Waals surface area contributed by atoms with Gasteiger partial charge in [0.25, 0.3) is 0 Å². The van der Waals surface area contributed by atoms with Gasteiger partial charge in [0.1, 0.15) is 0 Å². The van der Waals surface area contributed by atoms with E-state index in [1.807, 2.05) is 0 Å². The zero-order valence-corrected chi connectivity index (χ0v) is 7.17. The highest BCUT2D eigenvalue weighted by atomic mass is 35.7. The molecule has 0 aliphatic rings. The van der Waals surface area contributed by atoms with E-state index >= 15 is 0 Å². The molecule has 0 aliphatic carbocycles. The zero-order valence-electron chi connectivity index (χ0n) is 5.59. The average molecular weight is 174 g/mol. The second-order valence-electron chi connectivity index (χ2n) is 1.47. The number of rotatable bonds is 1. The van der Waals surface area contributed by atoms with Crippen LogP contribution >= 0.6 is 10.7 Å². The molecule has 0 atom stereocenters. The molecule has 0 spiro atoms. The molecule has 0 aliphatic heterocycles. The lowest BCUT2D eigenvalue weighted by Gasteiger charge is -1.70. The Bertz CT molecular complexity index is 122. The van der Waals surface area contributed by atoms with Crippen LogP contribution in [-0.4, -0.2) is 21.2 Å². The number of hydrogen-bond donors (Lipinski definition) is 1. The Morgan fingerprint density at radius 1 is 1.56 bits per heavy atom. The van der Waals surface area contributed by atoms with Crippen molar-refractivity contribution in [1.29, 1.82) is 0 Å². The van der Waals surface area contributed by atoms with Crippen molar-refractivity contribution in [2.45, 2.75) is 13.3 Å². The maximum atomic E-state index is 9.40. The highest BCUT2D eigenvalue weighted by molar-refractivity contribution is 8.13. The molecule has 0 fully saturated rings. The first-order valence-electron chi connectivity index (χ1n) is 2.51. The van der Waals surface area contributed by atoms with E-state index in [9.17, 15) is 8.42 Å². The summed E-state index contributed by atoms with van der Waals surface area (Å²) in [6, 6.07) is 0. The molecule has 0 saturated heterocycles. The lowest BCUT2D eigenvalue weighted by molar-refractivity contribution is 0.615. The Kier molecular flexibility index (Phi) is 8.38. The highest BCUT2D eigenvalue weighted by Crippen LogP contribution is 1.83. The molecule has 3 nitrogen and oxygen atoms in total. The minimum absolute atomic E-state index is 0.819. The average Bonchev–Trinajstić information content (AvgIpc) is 1.61. The summed E-state index contributed by atoms with van der Waals surface area (Å²) in [5.41, 5.74) is 5.03. The van der Waals surface area contributed by atoms with Crippen LogP contribution in [0.15, 0.2) is 0 Å². The van der Waals surface area contributed by atoms with Gasteiger partial charge < -0.3 is 5.73 Å². The molecule has 58 valence electrons. The molecule has 0 aromatic rings. The molecule has 0 radical (unpaired) electrons. The number of nitrogens with two attached hydrogens (primary N) is 1. The van der Waals surface area contributed by atoms with Crippen molar-refractivity contribution in [2.24, 2.45) is 5.73 Å². The molecule has 0 heterocycles. The van der Waals surface area contributed by atoms with Crippen LogP contribution in [0.2, 0.25) is 0 Å². The molecule has 0 bridgehead atoms. The van der Waals surface area contributed by atoms with E-state index in [4.69, 9.17) is 5.73 Å². The fraction of sp³-hybridized carbons (Fsp3) is 1.00. The third-order valence-electron chi connectivity index (χ3n) is 0.289. The van der Waals surface area contributed by atoms with Crippen molar-refractivity contribution in [2.75, 3.05) is 12.8 Å². The molecule has 0 rings (SSSR count). The Labute approximate surface area is 60.6 Å². The Morgan fingerprint density at radius 2 is 1.67 bits per heavy atom. The summed E-state index contributed by atoms with van der Waals surface area (Å²) in [7, 11) is 1.31. The van der Waals surface area contributed by atoms with Crippen LogP contribution in [0.3, 0.4) is 0 Å². The Hall–Kier alpha value is 0.200. The SMILES string of the molecule is CCCN.CS(=O)(=O)Cl. The van der Waals surface area contributed by atoms with E-state index < -0.39 is 9.05 Å². The van der Waals surface area contributed by atoms with E-state index in [2.05, 4.69) is 17.6 Å². The van der Waals surface area contributed by atoms with Gasteiger partial charge in [-0.3, -0.25) is 0 Å². The van der Waals surface area contributed by atoms with Gasteiger partial charge in [0.05, 0.1) is 6.26 Å². The molecular weight excluding hydrogens is 162 g/mol. The third-order valence-corrected chi connectivity index (χ3v) is 0.289. The normalized spacial score (nSPS) is 9.78. The van der Waals surface area contributed by atoms with E-state index in [0.29, 0.717) is 0 Å². The second-order valence-corrected chi connectivity index (χ2v) is 4.52. The van der Waals surface area contributed by atoms with Gasteiger partial charge >= 0.3 is 0 Å². The molecule has 2 N–H and O–H groups in total. The van der Waals surface area contributed by atoms with Gasteiger partial charge in [-0.05, 0) is 13.0 Å². The summed E-state index contributed by atoms with van der Waals surface area (Å²) in [4.78, 5) is 0. The first-order valence-corrected chi connectivity index (χ1v) is 5.23. The lowest BCUT2D eigenvalue weighted by Crippen LogP contribution is -1.93. The van der Waals surface area contributed by atoms with Gasteiger partial charge in [-0.15, -0.1) is 0 Å². The van der Waals surface area contributed by atoms with Crippen molar-refractivity contribution in [3.05, 3.63) is 0 Å². The van der Waals surface area contributed by atoms with Crippen LogP contribution in [0.4, 0.5) is 0 Å². The van der Waals surface area contributed by atoms with Crippen molar-refractivity contribution in [3.63, 3.8) is 0 Å². The predicted octanol–water partition coefficient (Wildman–Crippen LogP) is 0.540. The molecule has 0 amide bonds. The standard InChI is InChI=1S/C3H9N.CH3ClO2S/c1-2-3-4;1-5(2,3)4/h2-4H2,1H3;1H3. The third kappa shape index (κ3) is 219. The summed E-state index contributed by atoms with van der Waals surface area (Å²) in [5, 5.41) is 0. The van der Waals surface area contributed by atoms with Gasteiger partial charge in [-0.25, -0.2) is 8.42 Å². The topological polar surface area (TPSA) is 60.2 Å². The minimum Gasteiger partial charge on any atom is -0.330 e. The van der Waals surface area contributed by atoms with E-state index in [-0.39, 0.29) is 0 Å². The molecule has 0 aromatic heterocycles. The Morgan fingerprint density at radius 3 is 1.67 bits per heavy atom. The van der Waals surface area contributed by atoms with E-state index in [1.54, 1.807) is 0 Å². The van der Waals surface area contributed by atoms with Gasteiger partial charge in [0.15, 0.2) is 0 Å². The minimum atomic E-state index is -3.19. The largest absolute Gasteiger partial charge is 0.330 e. The quantitative estimate of drug-likeness (QED) is 0.589. The van der Waals surface area contributed by atoms with Crippen LogP contribution in [0.25, 0.3) is 0 Å². The summed E-state index contributed by atoms with van der Waals surface area (Å²) >= 11 is 0. The fourth-order valence-electron chi connectivity index (χ4n) is 0. The lowest BCUT2D eigenvalue weighted by atomic mass is 10.5. The smallest absolute Gasteiger partial charge is 0.229 e. The number of halogens is 1. The molecule has 9 heavy (non-hydrogen) atoms. The van der Waals surface area contributed by atoms with Gasteiger partial charge in [0, 0.05) is 10.7 Å². The van der Waals surface area contributed by atoms with E-state index in [1.165, 1.54) is 0 Å². The van der Waals surface area contributed by atoms with Crippen molar-refractivity contribution < 1.29 is 8.42 Å². The van der Waals surface area contributed by atoms with Gasteiger partial charge in [-0.2, -0.15) is 0 Å². The summed E-state index contributed by atoms with van der Waals surface area (Å²) < 4.78 is 18.8. The van der Waals surface area contributed by atoms with Crippen molar-refractivity contribution in [1.82, 2.24) is 0 Å². The first kappa shape index (κ1) is 11.9. The van der Waals surface area contributed by atoms with E-state index in [0.717, 1.165) is 19.2 Å². The van der Waals surface area contributed by atoms with Gasteiger partial charge in [-0.1, -0.05) is 6.92 Å². The molecule has 5 heteroatoms. The number of hydrogen-bond acceptors (Lipinski definition) is 3. The van der Waals surface area contributed by atoms with Crippen LogP contribution in [-0.2, 0) is 9.05 Å². The zero-order chi connectivity index (χ0) is 7.91. The van der Waals surface area contributed by atoms with Crippen molar-refractivity contribution in [3.8, 4) is 0 Å². The summed E-state index contributed by atoms with van der Waals surface area (Å²) in [5.74, 6) is 0. The van der Waals surface area contributed by atoms with Crippen LogP contribution in [0.1, 0.15) is 13.3 Å². The molecular formula is C4H12ClNO2S. The molecule has 0 saturated carbocycles. The van der Waals surface area contributed by atoms with Crippen molar-refractivity contribution >= 4 is 19.7 Å². The van der Waals surface area contributed by atoms with Crippen LogP contribution in [0, 0.1) is 0 Å². The first-order chi connectivity index (χ1) is 3.91. The fourth-order valence-corrected chi connectivity index (χ4v) is 0. The maximum absolute atomic E-state index is 9.40. The van der Waals surface area contributed by atoms with Gasteiger partial charge in [0.2, 0.25) is 9.05 Å². The maximum Gasteiger partial charge on any atom is 0.229 e. The van der Waals surface area contributed by atoms with Crippen LogP contribution < -0.4 is 5.73 Å². The summed E-state index contributed by atoms with van der Waals surface area (Å²) in [6.45, 7) is 2.88. The molecule has 0 aromatic carbocycles. The summed E-state index contributed by atoms with van der Waals surface area (Å²) in [6.07, 6.45) is 2.02. The molecule has 0 unspecified atom stereocenters.